The molecule has 4 rings (SSSR count). The van der Waals surface area contributed by atoms with Crippen LogP contribution in [0.3, 0.4) is 0 Å². The second-order valence-electron chi connectivity index (χ2n) is 7.70. The monoisotopic (exact) mass is 440 g/mol. The lowest BCUT2D eigenvalue weighted by molar-refractivity contribution is 0.0303. The maximum atomic E-state index is 13.0. The third kappa shape index (κ3) is 5.05. The molecule has 2 aromatic carbocycles. The number of carbonyl (C=O) groups excluding carboxylic acids is 3. The van der Waals surface area contributed by atoms with Gasteiger partial charge in [0.1, 0.15) is 5.82 Å². The third-order valence-corrected chi connectivity index (χ3v) is 5.60. The minimum absolute atomic E-state index is 0.106. The van der Waals surface area contributed by atoms with Gasteiger partial charge in [-0.3, -0.25) is 9.59 Å². The molecule has 0 spiro atoms. The van der Waals surface area contributed by atoms with Crippen LogP contribution in [0.5, 0.6) is 0 Å². The van der Waals surface area contributed by atoms with Gasteiger partial charge in [-0.2, -0.15) is 0 Å². The van der Waals surface area contributed by atoms with Crippen molar-refractivity contribution in [2.24, 2.45) is 0 Å². The zero-order chi connectivity index (χ0) is 22.5. The molecule has 4 amide bonds. The first-order chi connectivity index (χ1) is 15.5. The molecule has 8 nitrogen and oxygen atoms in total. The summed E-state index contributed by atoms with van der Waals surface area (Å²) in [5.74, 6) is -0.642. The van der Waals surface area contributed by atoms with E-state index in [0.29, 0.717) is 69.3 Å². The van der Waals surface area contributed by atoms with Gasteiger partial charge >= 0.3 is 6.03 Å². The summed E-state index contributed by atoms with van der Waals surface area (Å²) in [5.41, 5.74) is 1.44. The van der Waals surface area contributed by atoms with E-state index in [2.05, 4.69) is 5.32 Å². The minimum Gasteiger partial charge on any atom is -0.378 e. The van der Waals surface area contributed by atoms with E-state index in [9.17, 15) is 18.8 Å². The number of amides is 4. The maximum Gasteiger partial charge on any atom is 0.321 e. The van der Waals surface area contributed by atoms with Crippen molar-refractivity contribution in [2.75, 3.05) is 57.8 Å². The van der Waals surface area contributed by atoms with Gasteiger partial charge in [0.2, 0.25) is 0 Å². The number of nitrogens with zero attached hydrogens (tertiary/aromatic N) is 3. The molecular weight excluding hydrogens is 415 g/mol. The molecule has 1 N–H and O–H groups in total. The highest BCUT2D eigenvalue weighted by molar-refractivity contribution is 6.00. The average molecular weight is 440 g/mol. The Morgan fingerprint density at radius 3 is 1.88 bits per heavy atom. The van der Waals surface area contributed by atoms with Gasteiger partial charge in [-0.15, -0.1) is 0 Å². The predicted octanol–water partition coefficient (Wildman–Crippen LogP) is 2.29. The molecule has 0 bridgehead atoms. The molecule has 0 radical (unpaired) electrons. The van der Waals surface area contributed by atoms with Crippen LogP contribution in [-0.4, -0.2) is 85.0 Å². The maximum absolute atomic E-state index is 13.0. The average Bonchev–Trinajstić information content (AvgIpc) is 2.85. The number of urea groups is 1. The van der Waals surface area contributed by atoms with E-state index < -0.39 is 0 Å². The zero-order valence-corrected chi connectivity index (χ0v) is 17.6. The lowest BCUT2D eigenvalue weighted by Gasteiger charge is -2.34. The topological polar surface area (TPSA) is 82.2 Å². The van der Waals surface area contributed by atoms with Gasteiger partial charge in [0.15, 0.2) is 0 Å². The first kappa shape index (κ1) is 21.8. The van der Waals surface area contributed by atoms with Crippen molar-refractivity contribution in [1.82, 2.24) is 14.7 Å². The van der Waals surface area contributed by atoms with Crippen molar-refractivity contribution in [2.45, 2.75) is 0 Å². The highest BCUT2D eigenvalue weighted by atomic mass is 19.1. The molecule has 0 atom stereocenters. The number of hydrogen-bond donors (Lipinski definition) is 1. The summed E-state index contributed by atoms with van der Waals surface area (Å²) in [5, 5.41) is 2.73. The van der Waals surface area contributed by atoms with Crippen LogP contribution >= 0.6 is 0 Å². The molecule has 168 valence electrons. The van der Waals surface area contributed by atoms with Crippen LogP contribution in [-0.2, 0) is 4.74 Å². The Morgan fingerprint density at radius 1 is 0.750 bits per heavy atom. The summed E-state index contributed by atoms with van der Waals surface area (Å²) in [6.07, 6.45) is 0. The Kier molecular flexibility index (Phi) is 6.65. The van der Waals surface area contributed by atoms with Gasteiger partial charge in [-0.25, -0.2) is 9.18 Å². The molecular formula is C23H25FN4O4. The van der Waals surface area contributed by atoms with E-state index in [1.807, 2.05) is 0 Å². The Hall–Kier alpha value is -3.46. The second-order valence-corrected chi connectivity index (χ2v) is 7.70. The number of anilines is 1. The second kappa shape index (κ2) is 9.78. The van der Waals surface area contributed by atoms with Gasteiger partial charge in [-0.05, 0) is 42.5 Å². The zero-order valence-electron chi connectivity index (χ0n) is 17.6. The van der Waals surface area contributed by atoms with Gasteiger partial charge in [-0.1, -0.05) is 6.07 Å². The van der Waals surface area contributed by atoms with Gasteiger partial charge in [0.05, 0.1) is 13.2 Å². The number of ether oxygens (including phenoxy) is 1. The fraction of sp³-hybridized carbons (Fsp3) is 0.348. The molecule has 2 aliphatic heterocycles. The molecule has 32 heavy (non-hydrogen) atoms. The normalized spacial score (nSPS) is 16.6. The van der Waals surface area contributed by atoms with E-state index in [1.165, 1.54) is 24.3 Å². The number of benzene rings is 2. The van der Waals surface area contributed by atoms with Crippen LogP contribution < -0.4 is 5.32 Å². The quantitative estimate of drug-likeness (QED) is 0.794. The lowest BCUT2D eigenvalue weighted by atomic mass is 10.1. The Bertz CT molecular complexity index is 984. The summed E-state index contributed by atoms with van der Waals surface area (Å²) in [4.78, 5) is 43.1. The predicted molar refractivity (Wildman–Crippen MR) is 116 cm³/mol. The number of rotatable bonds is 3. The number of halogens is 1. The highest BCUT2D eigenvalue weighted by Crippen LogP contribution is 2.15. The van der Waals surface area contributed by atoms with E-state index in [0.717, 1.165) is 0 Å². The van der Waals surface area contributed by atoms with Crippen molar-refractivity contribution in [3.8, 4) is 0 Å². The molecule has 2 saturated heterocycles. The molecule has 0 aromatic heterocycles. The number of nitrogens with one attached hydrogen (secondary N) is 1. The summed E-state index contributed by atoms with van der Waals surface area (Å²) < 4.78 is 18.3. The number of carbonyl (C=O) groups is 3. The van der Waals surface area contributed by atoms with Crippen LogP contribution in [0.2, 0.25) is 0 Å². The molecule has 2 fully saturated rings. The van der Waals surface area contributed by atoms with E-state index in [4.69, 9.17) is 4.74 Å². The Labute approximate surface area is 185 Å². The number of piperazine rings is 1. The number of morpholine rings is 1. The molecule has 2 heterocycles. The van der Waals surface area contributed by atoms with Crippen molar-refractivity contribution in [3.05, 3.63) is 65.5 Å². The largest absolute Gasteiger partial charge is 0.378 e. The van der Waals surface area contributed by atoms with Crippen LogP contribution in [0.25, 0.3) is 0 Å². The minimum atomic E-state index is -0.370. The molecule has 0 saturated carbocycles. The van der Waals surface area contributed by atoms with Crippen LogP contribution in [0.15, 0.2) is 48.5 Å². The summed E-state index contributed by atoms with van der Waals surface area (Å²) in [7, 11) is 0. The highest BCUT2D eigenvalue weighted by Gasteiger charge is 2.26. The molecule has 2 aromatic rings. The van der Waals surface area contributed by atoms with Crippen molar-refractivity contribution < 1.29 is 23.5 Å². The third-order valence-electron chi connectivity index (χ3n) is 5.60. The summed E-state index contributed by atoms with van der Waals surface area (Å²) in [6, 6.07) is 12.0. The summed E-state index contributed by atoms with van der Waals surface area (Å²) >= 11 is 0. The van der Waals surface area contributed by atoms with Crippen molar-refractivity contribution in [1.29, 1.82) is 0 Å². The van der Waals surface area contributed by atoms with Gasteiger partial charge in [0, 0.05) is 56.1 Å². The molecule has 2 aliphatic rings. The molecule has 0 unspecified atom stereocenters. The van der Waals surface area contributed by atoms with Gasteiger partial charge in [0.25, 0.3) is 11.8 Å². The fourth-order valence-electron chi connectivity index (χ4n) is 3.77. The first-order valence-corrected chi connectivity index (χ1v) is 10.6. The molecule has 9 heteroatoms. The van der Waals surface area contributed by atoms with E-state index in [-0.39, 0.29) is 23.7 Å². The van der Waals surface area contributed by atoms with Crippen LogP contribution in [0, 0.1) is 5.82 Å². The lowest BCUT2D eigenvalue weighted by Crippen LogP contribution is -2.51. The van der Waals surface area contributed by atoms with E-state index in [1.54, 1.807) is 39.0 Å². The van der Waals surface area contributed by atoms with Gasteiger partial charge < -0.3 is 24.8 Å². The first-order valence-electron chi connectivity index (χ1n) is 10.6. The van der Waals surface area contributed by atoms with Crippen molar-refractivity contribution >= 4 is 23.5 Å². The SMILES string of the molecule is O=C(Nc1ccc(F)cc1)N1CCN(C(=O)c2cccc(C(=O)N3CCOCC3)c2)CC1. The van der Waals surface area contributed by atoms with E-state index >= 15 is 0 Å². The molecule has 0 aliphatic carbocycles. The summed E-state index contributed by atoms with van der Waals surface area (Å²) in [6.45, 7) is 3.65. The smallest absolute Gasteiger partial charge is 0.321 e. The van der Waals surface area contributed by atoms with Crippen LogP contribution in [0.1, 0.15) is 20.7 Å². The van der Waals surface area contributed by atoms with Crippen LogP contribution in [0.4, 0.5) is 14.9 Å². The Morgan fingerprint density at radius 2 is 1.28 bits per heavy atom. The number of hydrogen-bond acceptors (Lipinski definition) is 4. The fourth-order valence-corrected chi connectivity index (χ4v) is 3.77. The Balaban J connectivity index is 1.33. The standard InChI is InChI=1S/C23H25FN4O4/c24-19-4-6-20(7-5-19)25-23(31)28-10-8-26(9-11-28)21(29)17-2-1-3-18(16-17)22(30)27-12-14-32-15-13-27/h1-7,16H,8-15H2,(H,25,31). The van der Waals surface area contributed by atoms with Crippen molar-refractivity contribution in [3.63, 3.8) is 0 Å².